The Bertz CT molecular complexity index is 1240. The molecule has 0 unspecified atom stereocenters. The fourth-order valence-corrected chi connectivity index (χ4v) is 4.11. The highest BCUT2D eigenvalue weighted by atomic mass is 16.3. The van der Waals surface area contributed by atoms with Gasteiger partial charge in [-0.3, -0.25) is 9.78 Å². The van der Waals surface area contributed by atoms with Crippen molar-refractivity contribution in [1.82, 2.24) is 19.8 Å². The summed E-state index contributed by atoms with van der Waals surface area (Å²) in [6, 6.07) is 9.56. The number of aromatic nitrogens is 2. The average molecular weight is 390 g/mol. The van der Waals surface area contributed by atoms with Gasteiger partial charge in [-0.05, 0) is 62.3 Å². The smallest absolute Gasteiger partial charge is 0.226 e. The molecule has 0 saturated carbocycles. The summed E-state index contributed by atoms with van der Waals surface area (Å²) in [5, 5.41) is 17.1. The van der Waals surface area contributed by atoms with E-state index >= 15 is 0 Å². The fourth-order valence-electron chi connectivity index (χ4n) is 4.11. The molecule has 0 aliphatic carbocycles. The summed E-state index contributed by atoms with van der Waals surface area (Å²) >= 11 is 0. The molecule has 0 fully saturated rings. The Kier molecular flexibility index (Phi) is 4.88. The quantitative estimate of drug-likeness (QED) is 0.549. The van der Waals surface area contributed by atoms with Gasteiger partial charge in [-0.15, -0.1) is 0 Å². The Morgan fingerprint density at radius 2 is 1.93 bits per heavy atom. The number of phenolic OH excluding ortho intramolecular Hbond substituents is 1. The molecule has 2 aromatic heterocycles. The first kappa shape index (κ1) is 19.2. The largest absolute Gasteiger partial charge is 0.508 e. The molecule has 1 amide bonds. The molecule has 0 atom stereocenters. The molecule has 4 aromatic rings. The zero-order valence-electron chi connectivity index (χ0n) is 17.3. The van der Waals surface area contributed by atoms with E-state index in [1.54, 1.807) is 18.3 Å². The predicted molar refractivity (Wildman–Crippen MR) is 117 cm³/mol. The van der Waals surface area contributed by atoms with E-state index < -0.39 is 0 Å². The number of hydrogen-bond acceptors (Lipinski definition) is 4. The van der Waals surface area contributed by atoms with Crippen LogP contribution in [-0.4, -0.2) is 52.6 Å². The minimum atomic E-state index is -0.0276. The molecular weight excluding hydrogens is 364 g/mol. The molecular formula is C23H26N4O2. The van der Waals surface area contributed by atoms with Gasteiger partial charge >= 0.3 is 0 Å². The summed E-state index contributed by atoms with van der Waals surface area (Å²) in [7, 11) is 6.00. The lowest BCUT2D eigenvalue weighted by Gasteiger charge is -2.12. The monoisotopic (exact) mass is 390 g/mol. The summed E-state index contributed by atoms with van der Waals surface area (Å²) in [6.45, 7) is 3.51. The van der Waals surface area contributed by atoms with Crippen LogP contribution in [0.1, 0.15) is 11.3 Å². The second-order valence-electron chi connectivity index (χ2n) is 7.84. The summed E-state index contributed by atoms with van der Waals surface area (Å²) in [5.41, 5.74) is 4.11. The maximum atomic E-state index is 12.4. The van der Waals surface area contributed by atoms with Gasteiger partial charge in [0.25, 0.3) is 0 Å². The molecule has 0 radical (unpaired) electrons. The van der Waals surface area contributed by atoms with Crippen LogP contribution in [0, 0.1) is 6.92 Å². The molecule has 2 N–H and O–H groups in total. The van der Waals surface area contributed by atoms with Crippen molar-refractivity contribution in [3.8, 4) is 5.75 Å². The standard InChI is InChI=1S/C23H26N4O2/c1-14-16-7-8-24-20(13-22(29)25-9-10-26(2)3)17(16)12-19-18-11-15(28)5-6-21(18)27(4)23(14)19/h5-8,11-12,28H,9-10,13H2,1-4H3,(H,25,29). The zero-order valence-corrected chi connectivity index (χ0v) is 17.3. The Morgan fingerprint density at radius 1 is 1.14 bits per heavy atom. The second-order valence-corrected chi connectivity index (χ2v) is 7.84. The van der Waals surface area contributed by atoms with Crippen LogP contribution in [0.3, 0.4) is 0 Å². The highest BCUT2D eigenvalue weighted by molar-refractivity contribution is 6.15. The van der Waals surface area contributed by atoms with Crippen LogP contribution in [-0.2, 0) is 18.3 Å². The van der Waals surface area contributed by atoms with E-state index in [1.807, 2.05) is 38.2 Å². The van der Waals surface area contributed by atoms with Crippen molar-refractivity contribution >= 4 is 38.5 Å². The number of nitrogens with one attached hydrogen (secondary N) is 1. The van der Waals surface area contributed by atoms with Crippen LogP contribution in [0.5, 0.6) is 5.75 Å². The second kappa shape index (κ2) is 7.37. The van der Waals surface area contributed by atoms with Gasteiger partial charge in [0.05, 0.1) is 17.6 Å². The zero-order chi connectivity index (χ0) is 20.7. The van der Waals surface area contributed by atoms with Crippen molar-refractivity contribution in [2.75, 3.05) is 27.2 Å². The van der Waals surface area contributed by atoms with Crippen LogP contribution < -0.4 is 5.32 Å². The average Bonchev–Trinajstić information content (AvgIpc) is 2.94. The number of aromatic hydroxyl groups is 1. The van der Waals surface area contributed by atoms with Crippen LogP contribution in [0.2, 0.25) is 0 Å². The maximum absolute atomic E-state index is 12.4. The molecule has 0 saturated heterocycles. The number of nitrogens with zero attached hydrogens (tertiary/aromatic N) is 3. The van der Waals surface area contributed by atoms with Crippen LogP contribution >= 0.6 is 0 Å². The molecule has 6 nitrogen and oxygen atoms in total. The van der Waals surface area contributed by atoms with Crippen molar-refractivity contribution in [3.63, 3.8) is 0 Å². The molecule has 150 valence electrons. The molecule has 0 aliphatic rings. The van der Waals surface area contributed by atoms with E-state index in [0.29, 0.717) is 6.54 Å². The van der Waals surface area contributed by atoms with Gasteiger partial charge in [-0.25, -0.2) is 0 Å². The third-order valence-corrected chi connectivity index (χ3v) is 5.55. The minimum Gasteiger partial charge on any atom is -0.508 e. The van der Waals surface area contributed by atoms with Gasteiger partial charge in [-0.1, -0.05) is 0 Å². The highest BCUT2D eigenvalue weighted by Gasteiger charge is 2.16. The number of benzene rings is 2. The van der Waals surface area contributed by atoms with E-state index in [1.165, 1.54) is 0 Å². The lowest BCUT2D eigenvalue weighted by Crippen LogP contribution is -2.32. The van der Waals surface area contributed by atoms with Crippen LogP contribution in [0.4, 0.5) is 0 Å². The molecule has 0 spiro atoms. The maximum Gasteiger partial charge on any atom is 0.226 e. The topological polar surface area (TPSA) is 70.4 Å². The van der Waals surface area contributed by atoms with Crippen molar-refractivity contribution < 1.29 is 9.90 Å². The number of hydrogen-bond donors (Lipinski definition) is 2. The summed E-state index contributed by atoms with van der Waals surface area (Å²) in [4.78, 5) is 19.0. The van der Waals surface area contributed by atoms with Gasteiger partial charge in [0, 0.05) is 48.0 Å². The Labute approximate surface area is 169 Å². The number of carbonyl (C=O) groups is 1. The van der Waals surface area contributed by atoms with Gasteiger partial charge in [0.2, 0.25) is 5.91 Å². The van der Waals surface area contributed by atoms with Crippen molar-refractivity contribution in [1.29, 1.82) is 0 Å². The van der Waals surface area contributed by atoms with Gasteiger partial charge < -0.3 is 19.9 Å². The van der Waals surface area contributed by atoms with E-state index in [0.717, 1.165) is 50.4 Å². The number of rotatable bonds is 5. The number of phenols is 1. The lowest BCUT2D eigenvalue weighted by atomic mass is 9.99. The normalized spacial score (nSPS) is 11.8. The Hall–Kier alpha value is -3.12. The number of aryl methyl sites for hydroxylation is 2. The number of fused-ring (bicyclic) bond motifs is 4. The van der Waals surface area contributed by atoms with Crippen LogP contribution in [0.25, 0.3) is 32.6 Å². The summed E-state index contributed by atoms with van der Waals surface area (Å²) in [5.74, 6) is 0.217. The first-order valence-corrected chi connectivity index (χ1v) is 9.76. The van der Waals surface area contributed by atoms with Gasteiger partial charge in [0.1, 0.15) is 5.75 Å². The molecule has 4 rings (SSSR count). The molecule has 2 heterocycles. The number of likely N-dealkylation sites (N-methyl/N-ethyl adjacent to an activating group) is 1. The van der Waals surface area contributed by atoms with Crippen LogP contribution in [0.15, 0.2) is 36.5 Å². The fraction of sp³-hybridized carbons (Fsp3) is 0.304. The third kappa shape index (κ3) is 3.40. The van der Waals surface area contributed by atoms with E-state index in [2.05, 4.69) is 27.9 Å². The number of pyridine rings is 1. The van der Waals surface area contributed by atoms with Crippen molar-refractivity contribution in [2.24, 2.45) is 7.05 Å². The Morgan fingerprint density at radius 3 is 2.69 bits per heavy atom. The van der Waals surface area contributed by atoms with E-state index in [4.69, 9.17) is 0 Å². The molecule has 2 aromatic carbocycles. The third-order valence-electron chi connectivity index (χ3n) is 5.55. The first-order chi connectivity index (χ1) is 13.9. The van der Waals surface area contributed by atoms with Crippen molar-refractivity contribution in [3.05, 3.63) is 47.8 Å². The highest BCUT2D eigenvalue weighted by Crippen LogP contribution is 2.36. The van der Waals surface area contributed by atoms with Crippen molar-refractivity contribution in [2.45, 2.75) is 13.3 Å². The summed E-state index contributed by atoms with van der Waals surface area (Å²) in [6.07, 6.45) is 2.02. The predicted octanol–water partition coefficient (Wildman–Crippen LogP) is 3.11. The SMILES string of the molecule is Cc1c2ccnc(CC(=O)NCCN(C)C)c2cc2c3cc(O)ccc3n(C)c12. The Balaban J connectivity index is 1.83. The molecule has 0 bridgehead atoms. The van der Waals surface area contributed by atoms with Gasteiger partial charge in [0.15, 0.2) is 0 Å². The van der Waals surface area contributed by atoms with E-state index in [-0.39, 0.29) is 18.1 Å². The van der Waals surface area contributed by atoms with E-state index in [9.17, 15) is 9.90 Å². The minimum absolute atomic E-state index is 0.0276. The number of carbonyl (C=O) groups excluding carboxylic acids is 1. The first-order valence-electron chi connectivity index (χ1n) is 9.76. The van der Waals surface area contributed by atoms with Gasteiger partial charge in [-0.2, -0.15) is 0 Å². The molecule has 6 heteroatoms. The molecule has 29 heavy (non-hydrogen) atoms. The number of amides is 1. The lowest BCUT2D eigenvalue weighted by molar-refractivity contribution is -0.120. The molecule has 0 aliphatic heterocycles. The summed E-state index contributed by atoms with van der Waals surface area (Å²) < 4.78 is 2.16.